The first kappa shape index (κ1) is 16.0. The summed E-state index contributed by atoms with van der Waals surface area (Å²) in [4.78, 5) is 24.9. The Kier molecular flexibility index (Phi) is 6.84. The van der Waals surface area contributed by atoms with Gasteiger partial charge in [0.2, 0.25) is 5.91 Å². The molecular weight excluding hydrogens is 246 g/mol. The predicted octanol–water partition coefficient (Wildman–Crippen LogP) is 1.90. The quantitative estimate of drug-likeness (QED) is 0.718. The molecule has 1 N–H and O–H groups in total. The van der Waals surface area contributed by atoms with Crippen LogP contribution in [-0.4, -0.2) is 47.7 Å². The number of likely N-dealkylation sites (tertiary alicyclic amines) is 1. The predicted molar refractivity (Wildman–Crippen MR) is 71.9 cm³/mol. The maximum Gasteiger partial charge on any atom is 0.326 e. The molecule has 1 aliphatic heterocycles. The third-order valence-electron chi connectivity index (χ3n) is 3.78. The highest BCUT2D eigenvalue weighted by Crippen LogP contribution is 2.26. The van der Waals surface area contributed by atoms with Crippen molar-refractivity contribution >= 4 is 11.9 Å². The van der Waals surface area contributed by atoms with E-state index >= 15 is 0 Å². The molecule has 1 aliphatic rings. The highest BCUT2D eigenvalue weighted by Gasteiger charge is 2.35. The zero-order chi connectivity index (χ0) is 14.3. The fourth-order valence-corrected chi connectivity index (χ4v) is 2.56. The zero-order valence-electron chi connectivity index (χ0n) is 11.9. The molecule has 5 heteroatoms. The lowest BCUT2D eigenvalue weighted by Gasteiger charge is -2.37. The number of hydrogen-bond acceptors (Lipinski definition) is 3. The number of piperidine rings is 1. The van der Waals surface area contributed by atoms with Gasteiger partial charge in [-0.2, -0.15) is 0 Å². The lowest BCUT2D eigenvalue weighted by atomic mass is 9.88. The fraction of sp³-hybridized carbons (Fsp3) is 0.857. The van der Waals surface area contributed by atoms with Gasteiger partial charge in [0.25, 0.3) is 0 Å². The van der Waals surface area contributed by atoms with Crippen LogP contribution in [0.5, 0.6) is 0 Å². The average Bonchev–Trinajstić information content (AvgIpc) is 2.42. The summed E-state index contributed by atoms with van der Waals surface area (Å²) in [6.07, 6.45) is 3.52. The molecule has 1 heterocycles. The van der Waals surface area contributed by atoms with E-state index in [9.17, 15) is 14.7 Å². The molecule has 0 aromatic carbocycles. The topological polar surface area (TPSA) is 66.8 Å². The molecule has 0 aliphatic carbocycles. The van der Waals surface area contributed by atoms with E-state index in [1.165, 1.54) is 0 Å². The maximum absolute atomic E-state index is 12.1. The normalized spacial score (nSPS) is 23.4. The smallest absolute Gasteiger partial charge is 0.326 e. The minimum Gasteiger partial charge on any atom is -0.480 e. The molecule has 1 rings (SSSR count). The van der Waals surface area contributed by atoms with Crippen LogP contribution in [0.1, 0.15) is 46.0 Å². The molecule has 0 aromatic rings. The van der Waals surface area contributed by atoms with Gasteiger partial charge >= 0.3 is 5.97 Å². The van der Waals surface area contributed by atoms with Gasteiger partial charge in [0.1, 0.15) is 6.04 Å². The second kappa shape index (κ2) is 8.15. The van der Waals surface area contributed by atoms with Gasteiger partial charge in [-0.15, -0.1) is 0 Å². The van der Waals surface area contributed by atoms with Crippen LogP contribution in [0.3, 0.4) is 0 Å². The molecule has 1 saturated heterocycles. The standard InChI is InChI=1S/C14H25NO4/c1-3-11-7-8-15(12(10-11)14(17)18)13(16)6-5-9-19-4-2/h11-12H,3-10H2,1-2H3,(H,17,18). The molecule has 1 amide bonds. The SMILES string of the molecule is CCOCCCC(=O)N1CCC(CC)CC1C(=O)O. The lowest BCUT2D eigenvalue weighted by Crippen LogP contribution is -2.50. The Morgan fingerprint density at radius 1 is 1.37 bits per heavy atom. The van der Waals surface area contributed by atoms with Crippen molar-refractivity contribution in [2.24, 2.45) is 5.92 Å². The third-order valence-corrected chi connectivity index (χ3v) is 3.78. The summed E-state index contributed by atoms with van der Waals surface area (Å²) < 4.78 is 5.19. The van der Waals surface area contributed by atoms with E-state index < -0.39 is 12.0 Å². The molecule has 0 saturated carbocycles. The number of rotatable bonds is 7. The fourth-order valence-electron chi connectivity index (χ4n) is 2.56. The number of carboxylic acid groups (broad SMARTS) is 1. The third kappa shape index (κ3) is 4.82. The maximum atomic E-state index is 12.1. The number of hydrogen-bond donors (Lipinski definition) is 1. The van der Waals surface area contributed by atoms with Crippen molar-refractivity contribution in [2.45, 2.75) is 52.0 Å². The van der Waals surface area contributed by atoms with E-state index in [1.54, 1.807) is 4.90 Å². The van der Waals surface area contributed by atoms with Crippen LogP contribution < -0.4 is 0 Å². The van der Waals surface area contributed by atoms with Crippen LogP contribution in [0.15, 0.2) is 0 Å². The van der Waals surface area contributed by atoms with E-state index in [0.29, 0.717) is 44.9 Å². The number of amides is 1. The first-order valence-electron chi connectivity index (χ1n) is 7.20. The van der Waals surface area contributed by atoms with Crippen LogP contribution in [-0.2, 0) is 14.3 Å². The van der Waals surface area contributed by atoms with E-state index in [-0.39, 0.29) is 5.91 Å². The molecule has 19 heavy (non-hydrogen) atoms. The van der Waals surface area contributed by atoms with E-state index in [0.717, 1.165) is 12.8 Å². The molecule has 0 aromatic heterocycles. The summed E-state index contributed by atoms with van der Waals surface area (Å²) in [5.41, 5.74) is 0. The highest BCUT2D eigenvalue weighted by molar-refractivity contribution is 5.83. The zero-order valence-corrected chi connectivity index (χ0v) is 11.9. The molecule has 0 radical (unpaired) electrons. The van der Waals surface area contributed by atoms with Gasteiger partial charge in [-0.25, -0.2) is 4.79 Å². The summed E-state index contributed by atoms with van der Waals surface area (Å²) >= 11 is 0. The Morgan fingerprint density at radius 3 is 2.68 bits per heavy atom. The van der Waals surface area contributed by atoms with Crippen molar-refractivity contribution in [1.82, 2.24) is 4.90 Å². The van der Waals surface area contributed by atoms with Gasteiger partial charge < -0.3 is 14.7 Å². The van der Waals surface area contributed by atoms with Crippen LogP contribution in [0.25, 0.3) is 0 Å². The van der Waals surface area contributed by atoms with Gasteiger partial charge in [-0.3, -0.25) is 4.79 Å². The van der Waals surface area contributed by atoms with Crippen molar-refractivity contribution in [3.8, 4) is 0 Å². The Bertz CT molecular complexity index is 306. The first-order valence-corrected chi connectivity index (χ1v) is 7.20. The summed E-state index contributed by atoms with van der Waals surface area (Å²) in [5, 5.41) is 9.26. The van der Waals surface area contributed by atoms with Crippen LogP contribution in [0.2, 0.25) is 0 Å². The molecule has 0 spiro atoms. The molecule has 110 valence electrons. The summed E-state index contributed by atoms with van der Waals surface area (Å²) in [6, 6.07) is -0.640. The van der Waals surface area contributed by atoms with Crippen LogP contribution >= 0.6 is 0 Å². The minimum absolute atomic E-state index is 0.0540. The number of carbonyl (C=O) groups is 2. The molecule has 2 atom stereocenters. The number of carboxylic acids is 1. The van der Waals surface area contributed by atoms with Crippen LogP contribution in [0.4, 0.5) is 0 Å². The Labute approximate surface area is 114 Å². The highest BCUT2D eigenvalue weighted by atomic mass is 16.5. The Hall–Kier alpha value is -1.10. The number of carbonyl (C=O) groups excluding carboxylic acids is 1. The van der Waals surface area contributed by atoms with Crippen molar-refractivity contribution in [3.63, 3.8) is 0 Å². The van der Waals surface area contributed by atoms with Crippen molar-refractivity contribution in [2.75, 3.05) is 19.8 Å². The molecule has 2 unspecified atom stereocenters. The van der Waals surface area contributed by atoms with Gasteiger partial charge in [0, 0.05) is 26.2 Å². The molecule has 0 bridgehead atoms. The van der Waals surface area contributed by atoms with Crippen molar-refractivity contribution in [3.05, 3.63) is 0 Å². The van der Waals surface area contributed by atoms with Crippen LogP contribution in [0, 0.1) is 5.92 Å². The van der Waals surface area contributed by atoms with E-state index in [4.69, 9.17) is 4.74 Å². The van der Waals surface area contributed by atoms with Gasteiger partial charge in [-0.05, 0) is 32.1 Å². The average molecular weight is 271 g/mol. The van der Waals surface area contributed by atoms with E-state index in [2.05, 4.69) is 6.92 Å². The number of nitrogens with zero attached hydrogens (tertiary/aromatic N) is 1. The Morgan fingerprint density at radius 2 is 2.11 bits per heavy atom. The van der Waals surface area contributed by atoms with E-state index in [1.807, 2.05) is 6.92 Å². The first-order chi connectivity index (χ1) is 9.10. The summed E-state index contributed by atoms with van der Waals surface area (Å²) in [7, 11) is 0. The van der Waals surface area contributed by atoms with Gasteiger partial charge in [-0.1, -0.05) is 13.3 Å². The molecular formula is C14H25NO4. The second-order valence-corrected chi connectivity index (χ2v) is 5.04. The monoisotopic (exact) mass is 271 g/mol. The minimum atomic E-state index is -0.878. The van der Waals surface area contributed by atoms with Gasteiger partial charge in [0.05, 0.1) is 0 Å². The largest absolute Gasteiger partial charge is 0.480 e. The summed E-state index contributed by atoms with van der Waals surface area (Å²) in [5.74, 6) is -0.508. The lowest BCUT2D eigenvalue weighted by molar-refractivity contribution is -0.153. The molecule has 5 nitrogen and oxygen atoms in total. The number of aliphatic carboxylic acids is 1. The van der Waals surface area contributed by atoms with Crippen molar-refractivity contribution in [1.29, 1.82) is 0 Å². The van der Waals surface area contributed by atoms with Crippen molar-refractivity contribution < 1.29 is 19.4 Å². The van der Waals surface area contributed by atoms with Gasteiger partial charge in [0.15, 0.2) is 0 Å². The Balaban J connectivity index is 2.49. The summed E-state index contributed by atoms with van der Waals surface area (Å²) in [6.45, 7) is 5.77. The second-order valence-electron chi connectivity index (χ2n) is 5.04. The number of ether oxygens (including phenoxy) is 1. The molecule has 1 fully saturated rings.